The average molecular weight is 553 g/mol. The van der Waals surface area contributed by atoms with E-state index in [0.29, 0.717) is 13.0 Å². The molecule has 15 N–H and O–H groups in total. The van der Waals surface area contributed by atoms with Gasteiger partial charge in [-0.25, -0.2) is 0 Å². The lowest BCUT2D eigenvalue weighted by Crippen LogP contribution is -2.68. The van der Waals surface area contributed by atoms with Gasteiger partial charge in [0.05, 0.1) is 30.9 Å². The Kier molecular flexibility index (Phi) is 12.5. The Balaban J connectivity index is 1.76. The Morgan fingerprint density at radius 3 is 2.32 bits per heavy atom. The lowest BCUT2D eigenvalue weighted by atomic mass is 9.83. The molecule has 3 fully saturated rings. The summed E-state index contributed by atoms with van der Waals surface area (Å²) < 4.78 is 23.8. The highest BCUT2D eigenvalue weighted by atomic mass is 16.7. The molecule has 15 nitrogen and oxygen atoms in total. The quantitative estimate of drug-likeness (QED) is 0.108. The molecular weight excluding hydrogens is 504 g/mol. The molecule has 0 spiro atoms. The van der Waals surface area contributed by atoms with E-state index in [1.165, 1.54) is 0 Å². The van der Waals surface area contributed by atoms with Crippen molar-refractivity contribution in [2.75, 3.05) is 32.8 Å². The second-order valence-corrected chi connectivity index (χ2v) is 10.5. The fraction of sp³-hybridized carbons (Fsp3) is 1.00. The van der Waals surface area contributed by atoms with Crippen molar-refractivity contribution in [3.8, 4) is 0 Å². The molecule has 0 aromatic rings. The van der Waals surface area contributed by atoms with Crippen LogP contribution in [0.5, 0.6) is 0 Å². The summed E-state index contributed by atoms with van der Waals surface area (Å²) in [7, 11) is 0. The number of rotatable bonds is 12. The van der Waals surface area contributed by atoms with Gasteiger partial charge in [0.15, 0.2) is 12.6 Å². The summed E-state index contributed by atoms with van der Waals surface area (Å²) in [5.74, 6) is 0. The zero-order chi connectivity index (χ0) is 28.0. The summed E-state index contributed by atoms with van der Waals surface area (Å²) in [5.41, 5.74) is 24.2. The van der Waals surface area contributed by atoms with E-state index in [4.69, 9.17) is 41.9 Å². The minimum Gasteiger partial charge on any atom is -0.394 e. The molecule has 1 saturated carbocycles. The van der Waals surface area contributed by atoms with Crippen LogP contribution in [0.1, 0.15) is 26.2 Å². The van der Waals surface area contributed by atoms with Crippen molar-refractivity contribution in [3.05, 3.63) is 0 Å². The molecule has 15 heteroatoms. The molecule has 3 aliphatic rings. The van der Waals surface area contributed by atoms with Crippen LogP contribution < -0.4 is 33.6 Å². The maximum atomic E-state index is 11.4. The number of aliphatic hydroxyl groups is 5. The van der Waals surface area contributed by atoms with Crippen LogP contribution in [-0.2, 0) is 18.9 Å². The third-order valence-corrected chi connectivity index (χ3v) is 7.55. The van der Waals surface area contributed by atoms with Gasteiger partial charge in [-0.05, 0) is 25.8 Å². The molecule has 2 aliphatic heterocycles. The van der Waals surface area contributed by atoms with Crippen molar-refractivity contribution in [2.45, 2.75) is 112 Å². The first-order chi connectivity index (χ1) is 18.1. The van der Waals surface area contributed by atoms with Crippen molar-refractivity contribution in [1.29, 1.82) is 0 Å². The van der Waals surface area contributed by atoms with Crippen LogP contribution in [0, 0.1) is 0 Å². The minimum atomic E-state index is -1.45. The Morgan fingerprint density at radius 1 is 0.947 bits per heavy atom. The second-order valence-electron chi connectivity index (χ2n) is 10.5. The summed E-state index contributed by atoms with van der Waals surface area (Å²) in [6, 6.07) is -2.84. The monoisotopic (exact) mass is 552 g/mol. The minimum absolute atomic E-state index is 0.0198. The summed E-state index contributed by atoms with van der Waals surface area (Å²) in [6.45, 7) is 2.99. The van der Waals surface area contributed by atoms with E-state index in [0.717, 1.165) is 13.0 Å². The standard InChI is InChI=1S/C23H48N6O9/c1-2-28-8-11-3-4-12(25)22(35-11)37-20-13(26)5-14(29-7-10(31)6-24)21(19(20)34)38-23-18(33)16(27)17(32)15(9-30)36-23/h10-23,28-34H,2-9,24-27H2,1H3/t10?,11-,12+,13-,14+,15+,16-,17+,18+,19-,20?,21-,22+,23+/m0/s1. The Bertz CT molecular complexity index is 698. The van der Waals surface area contributed by atoms with E-state index in [1.54, 1.807) is 0 Å². The van der Waals surface area contributed by atoms with Crippen LogP contribution in [-0.4, -0.2) is 144 Å². The molecule has 1 aliphatic carbocycles. The molecule has 2 heterocycles. The van der Waals surface area contributed by atoms with Crippen LogP contribution >= 0.6 is 0 Å². The highest BCUT2D eigenvalue weighted by Crippen LogP contribution is 2.31. The van der Waals surface area contributed by atoms with Gasteiger partial charge < -0.3 is 78.0 Å². The van der Waals surface area contributed by atoms with Crippen molar-refractivity contribution >= 4 is 0 Å². The molecule has 2 saturated heterocycles. The topological polar surface area (TPSA) is 266 Å². The zero-order valence-electron chi connectivity index (χ0n) is 21.9. The highest BCUT2D eigenvalue weighted by Gasteiger charge is 2.50. The molecule has 0 radical (unpaired) electrons. The van der Waals surface area contributed by atoms with Gasteiger partial charge in [0.25, 0.3) is 0 Å². The second kappa shape index (κ2) is 14.9. The van der Waals surface area contributed by atoms with Crippen molar-refractivity contribution in [3.63, 3.8) is 0 Å². The van der Waals surface area contributed by atoms with Crippen LogP contribution in [0.15, 0.2) is 0 Å². The first-order valence-electron chi connectivity index (χ1n) is 13.5. The number of ether oxygens (including phenoxy) is 4. The van der Waals surface area contributed by atoms with Crippen LogP contribution in [0.2, 0.25) is 0 Å². The highest BCUT2D eigenvalue weighted by molar-refractivity contribution is 5.02. The van der Waals surface area contributed by atoms with Gasteiger partial charge in [0.2, 0.25) is 0 Å². The number of hydrogen-bond donors (Lipinski definition) is 11. The molecule has 0 aromatic heterocycles. The first kappa shape index (κ1) is 31.9. The normalized spacial score (nSPS) is 45.2. The SMILES string of the molecule is CCNC[C@@H]1CC[C@@H](N)[C@@H](OC2[C@@H](N)C[C@@H](NCC(O)CN)[C@H](O[C@H]3O[C@H](CO)[C@@H](O)[C@H](N)[C@H]3O)[C@H]2O)O1. The maximum Gasteiger partial charge on any atom is 0.186 e. The first-order valence-corrected chi connectivity index (χ1v) is 13.5. The molecule has 38 heavy (non-hydrogen) atoms. The number of nitrogens with two attached hydrogens (primary N) is 4. The largest absolute Gasteiger partial charge is 0.394 e. The van der Waals surface area contributed by atoms with Crippen molar-refractivity contribution in [1.82, 2.24) is 10.6 Å². The molecule has 14 atom stereocenters. The zero-order valence-corrected chi connectivity index (χ0v) is 21.9. The molecule has 2 unspecified atom stereocenters. The third-order valence-electron chi connectivity index (χ3n) is 7.55. The predicted octanol–water partition coefficient (Wildman–Crippen LogP) is -5.67. The van der Waals surface area contributed by atoms with Gasteiger partial charge in [-0.1, -0.05) is 6.92 Å². The number of hydrogen-bond acceptors (Lipinski definition) is 15. The number of likely N-dealkylation sites (N-methyl/N-ethyl adjacent to an activating group) is 1. The van der Waals surface area contributed by atoms with E-state index < -0.39 is 86.1 Å². The molecular formula is C23H48N6O9. The fourth-order valence-electron chi connectivity index (χ4n) is 5.17. The van der Waals surface area contributed by atoms with E-state index in [1.807, 2.05) is 6.92 Å². The van der Waals surface area contributed by atoms with E-state index >= 15 is 0 Å². The Morgan fingerprint density at radius 2 is 1.66 bits per heavy atom. The molecule has 224 valence electrons. The van der Waals surface area contributed by atoms with E-state index in [9.17, 15) is 25.5 Å². The van der Waals surface area contributed by atoms with Gasteiger partial charge in [-0.15, -0.1) is 0 Å². The number of nitrogens with one attached hydrogen (secondary N) is 2. The smallest absolute Gasteiger partial charge is 0.186 e. The Labute approximate surface area is 223 Å². The summed E-state index contributed by atoms with van der Waals surface area (Å²) in [5, 5.41) is 58.1. The number of aliphatic hydroxyl groups excluding tert-OH is 5. The van der Waals surface area contributed by atoms with Crippen LogP contribution in [0.25, 0.3) is 0 Å². The van der Waals surface area contributed by atoms with Gasteiger partial charge in [-0.2, -0.15) is 0 Å². The molecule has 0 bridgehead atoms. The van der Waals surface area contributed by atoms with Gasteiger partial charge in [0, 0.05) is 31.7 Å². The maximum absolute atomic E-state index is 11.4. The Hall–Kier alpha value is -0.600. The predicted molar refractivity (Wildman–Crippen MR) is 135 cm³/mol. The van der Waals surface area contributed by atoms with Crippen LogP contribution in [0.4, 0.5) is 0 Å². The summed E-state index contributed by atoms with van der Waals surface area (Å²) in [4.78, 5) is 0. The van der Waals surface area contributed by atoms with Gasteiger partial charge in [0.1, 0.15) is 36.6 Å². The fourth-order valence-corrected chi connectivity index (χ4v) is 5.17. The summed E-state index contributed by atoms with van der Waals surface area (Å²) in [6.07, 6.45) is -8.63. The van der Waals surface area contributed by atoms with E-state index in [-0.39, 0.29) is 25.6 Å². The van der Waals surface area contributed by atoms with Gasteiger partial charge in [-0.3, -0.25) is 0 Å². The van der Waals surface area contributed by atoms with Gasteiger partial charge >= 0.3 is 0 Å². The third kappa shape index (κ3) is 7.78. The lowest BCUT2D eigenvalue weighted by molar-refractivity contribution is -0.314. The van der Waals surface area contributed by atoms with Crippen molar-refractivity contribution in [2.24, 2.45) is 22.9 Å². The van der Waals surface area contributed by atoms with E-state index in [2.05, 4.69) is 10.6 Å². The summed E-state index contributed by atoms with van der Waals surface area (Å²) >= 11 is 0. The molecule has 0 amide bonds. The van der Waals surface area contributed by atoms with Crippen molar-refractivity contribution < 1.29 is 44.5 Å². The van der Waals surface area contributed by atoms with Crippen LogP contribution in [0.3, 0.4) is 0 Å². The lowest BCUT2D eigenvalue weighted by Gasteiger charge is -2.48. The molecule has 0 aromatic carbocycles. The average Bonchev–Trinajstić information content (AvgIpc) is 2.91. The molecule has 3 rings (SSSR count).